The van der Waals surface area contributed by atoms with Gasteiger partial charge >= 0.3 is 11.4 Å². The molecular weight excluding hydrogens is 458 g/mol. The van der Waals surface area contributed by atoms with Crippen LogP contribution in [0.5, 0.6) is 0 Å². The largest absolute Gasteiger partial charge is 0.338 e. The Labute approximate surface area is 204 Å². The van der Waals surface area contributed by atoms with E-state index in [-0.39, 0.29) is 17.6 Å². The van der Waals surface area contributed by atoms with E-state index in [0.29, 0.717) is 48.1 Å². The Morgan fingerprint density at radius 2 is 1.47 bits per heavy atom. The van der Waals surface area contributed by atoms with Crippen LogP contribution >= 0.6 is 0 Å². The monoisotopic (exact) mass is 481 g/mol. The first-order valence-corrected chi connectivity index (χ1v) is 11.8. The SMILES string of the molecule is O=C(c1ccc2c(=O)n(-c3ccccc3)c(=O)[nH]c2c1)N1CCC(n2c(=O)[nH]c3ccccc32)CC1. The number of amides is 1. The van der Waals surface area contributed by atoms with E-state index in [2.05, 4.69) is 9.97 Å². The van der Waals surface area contributed by atoms with Crippen molar-refractivity contribution in [3.05, 3.63) is 110 Å². The molecule has 6 rings (SSSR count). The molecular formula is C27H23N5O4. The number of H-pyrrole nitrogens is 2. The van der Waals surface area contributed by atoms with E-state index in [1.54, 1.807) is 51.9 Å². The van der Waals surface area contributed by atoms with Crippen LogP contribution in [-0.2, 0) is 0 Å². The minimum atomic E-state index is -0.562. The van der Waals surface area contributed by atoms with E-state index >= 15 is 0 Å². The zero-order valence-electron chi connectivity index (χ0n) is 19.3. The molecule has 1 saturated heterocycles. The number of imidazole rings is 1. The first-order valence-electron chi connectivity index (χ1n) is 11.8. The molecule has 1 aliphatic heterocycles. The second-order valence-corrected chi connectivity index (χ2v) is 9.01. The number of hydrogen-bond donors (Lipinski definition) is 2. The van der Waals surface area contributed by atoms with E-state index < -0.39 is 11.2 Å². The molecule has 0 atom stereocenters. The highest BCUT2D eigenvalue weighted by molar-refractivity contribution is 5.97. The lowest BCUT2D eigenvalue weighted by Gasteiger charge is -2.32. The molecule has 3 heterocycles. The fourth-order valence-electron chi connectivity index (χ4n) is 5.11. The lowest BCUT2D eigenvalue weighted by atomic mass is 10.0. The van der Waals surface area contributed by atoms with Crippen LogP contribution in [0.3, 0.4) is 0 Å². The molecule has 5 aromatic rings. The van der Waals surface area contributed by atoms with Gasteiger partial charge in [0.25, 0.3) is 11.5 Å². The second kappa shape index (κ2) is 8.53. The van der Waals surface area contributed by atoms with Crippen molar-refractivity contribution in [2.24, 2.45) is 0 Å². The Morgan fingerprint density at radius 1 is 0.778 bits per heavy atom. The molecule has 2 aromatic heterocycles. The fraction of sp³-hybridized carbons (Fsp3) is 0.185. The van der Waals surface area contributed by atoms with Gasteiger partial charge in [0, 0.05) is 24.7 Å². The van der Waals surface area contributed by atoms with Crippen LogP contribution in [0.1, 0.15) is 29.2 Å². The number of carbonyl (C=O) groups excluding carboxylic acids is 1. The summed E-state index contributed by atoms with van der Waals surface area (Å²) >= 11 is 0. The number of aromatic amines is 2. The normalized spacial score (nSPS) is 14.5. The number of nitrogens with one attached hydrogen (secondary N) is 2. The quantitative estimate of drug-likeness (QED) is 0.413. The van der Waals surface area contributed by atoms with Crippen molar-refractivity contribution in [3.63, 3.8) is 0 Å². The molecule has 1 amide bonds. The van der Waals surface area contributed by atoms with Gasteiger partial charge in [0.15, 0.2) is 0 Å². The van der Waals surface area contributed by atoms with Crippen LogP contribution in [0.25, 0.3) is 27.6 Å². The van der Waals surface area contributed by atoms with Gasteiger partial charge in [0.05, 0.1) is 27.6 Å². The zero-order chi connectivity index (χ0) is 24.8. The Bertz CT molecular complexity index is 1790. The van der Waals surface area contributed by atoms with Crippen LogP contribution < -0.4 is 16.9 Å². The highest BCUT2D eigenvalue weighted by atomic mass is 16.2. The summed E-state index contributed by atoms with van der Waals surface area (Å²) in [6, 6.07) is 21.1. The Hall–Kier alpha value is -4.66. The second-order valence-electron chi connectivity index (χ2n) is 9.01. The maximum absolute atomic E-state index is 13.3. The van der Waals surface area contributed by atoms with Gasteiger partial charge in [-0.1, -0.05) is 30.3 Å². The summed E-state index contributed by atoms with van der Waals surface area (Å²) in [5.41, 5.74) is 1.73. The third kappa shape index (κ3) is 3.56. The third-order valence-electron chi connectivity index (χ3n) is 6.90. The maximum Gasteiger partial charge on any atom is 0.333 e. The molecule has 0 bridgehead atoms. The predicted octanol–water partition coefficient (Wildman–Crippen LogP) is 2.80. The summed E-state index contributed by atoms with van der Waals surface area (Å²) in [5.74, 6) is -0.172. The topological polar surface area (TPSA) is 113 Å². The van der Waals surface area contributed by atoms with Crippen molar-refractivity contribution in [1.82, 2.24) is 24.0 Å². The summed E-state index contributed by atoms with van der Waals surface area (Å²) in [6.45, 7) is 0.999. The number of aromatic nitrogens is 4. The number of rotatable bonds is 3. The smallest absolute Gasteiger partial charge is 0.333 e. The third-order valence-corrected chi connectivity index (χ3v) is 6.90. The van der Waals surface area contributed by atoms with Crippen molar-refractivity contribution in [3.8, 4) is 5.69 Å². The number of carbonyl (C=O) groups is 1. The molecule has 2 N–H and O–H groups in total. The lowest BCUT2D eigenvalue weighted by Crippen LogP contribution is -2.40. The number of benzene rings is 3. The summed E-state index contributed by atoms with van der Waals surface area (Å²) < 4.78 is 2.87. The Kier molecular flexibility index (Phi) is 5.18. The number of piperidine rings is 1. The van der Waals surface area contributed by atoms with Gasteiger partial charge in [-0.25, -0.2) is 14.2 Å². The molecule has 1 aliphatic rings. The van der Waals surface area contributed by atoms with Gasteiger partial charge < -0.3 is 14.9 Å². The molecule has 180 valence electrons. The summed E-state index contributed by atoms with van der Waals surface area (Å²) in [6.07, 6.45) is 1.30. The highest BCUT2D eigenvalue weighted by Gasteiger charge is 2.27. The van der Waals surface area contributed by atoms with Crippen LogP contribution in [0.4, 0.5) is 0 Å². The summed E-state index contributed by atoms with van der Waals surface area (Å²) in [7, 11) is 0. The average Bonchev–Trinajstić information content (AvgIpc) is 3.24. The maximum atomic E-state index is 13.3. The van der Waals surface area contributed by atoms with Crippen molar-refractivity contribution in [1.29, 1.82) is 0 Å². The first-order chi connectivity index (χ1) is 17.5. The molecule has 0 radical (unpaired) electrons. The number of para-hydroxylation sites is 3. The molecule has 0 unspecified atom stereocenters. The molecule has 36 heavy (non-hydrogen) atoms. The highest BCUT2D eigenvalue weighted by Crippen LogP contribution is 2.26. The van der Waals surface area contributed by atoms with Crippen molar-refractivity contribution < 1.29 is 4.79 Å². The van der Waals surface area contributed by atoms with E-state index in [1.165, 1.54) is 0 Å². The van der Waals surface area contributed by atoms with E-state index in [4.69, 9.17) is 0 Å². The van der Waals surface area contributed by atoms with Gasteiger partial charge in [-0.2, -0.15) is 0 Å². The molecule has 1 fully saturated rings. The number of likely N-dealkylation sites (tertiary alicyclic amines) is 1. The minimum absolute atomic E-state index is 0.00196. The first kappa shape index (κ1) is 21.8. The van der Waals surface area contributed by atoms with Crippen LogP contribution in [0.2, 0.25) is 0 Å². The van der Waals surface area contributed by atoms with E-state index in [0.717, 1.165) is 15.6 Å². The average molecular weight is 482 g/mol. The van der Waals surface area contributed by atoms with E-state index in [1.807, 2.05) is 30.3 Å². The predicted molar refractivity (Wildman–Crippen MR) is 137 cm³/mol. The summed E-state index contributed by atoms with van der Waals surface area (Å²) in [5, 5.41) is 0.326. The fourth-order valence-corrected chi connectivity index (χ4v) is 5.11. The van der Waals surface area contributed by atoms with Crippen LogP contribution in [-0.4, -0.2) is 43.0 Å². The van der Waals surface area contributed by atoms with Crippen molar-refractivity contribution >= 4 is 27.8 Å². The van der Waals surface area contributed by atoms with Gasteiger partial charge in [0.1, 0.15) is 0 Å². The molecule has 0 spiro atoms. The van der Waals surface area contributed by atoms with E-state index in [9.17, 15) is 19.2 Å². The Morgan fingerprint density at radius 3 is 2.25 bits per heavy atom. The van der Waals surface area contributed by atoms with Gasteiger partial charge in [-0.05, 0) is 55.3 Å². The van der Waals surface area contributed by atoms with Crippen LogP contribution in [0, 0.1) is 0 Å². The number of hydrogen-bond acceptors (Lipinski definition) is 4. The van der Waals surface area contributed by atoms with Crippen molar-refractivity contribution in [2.75, 3.05) is 13.1 Å². The van der Waals surface area contributed by atoms with Gasteiger partial charge in [0.2, 0.25) is 0 Å². The van der Waals surface area contributed by atoms with Crippen LogP contribution in [0.15, 0.2) is 87.2 Å². The standard InChI is InChI=1S/C27H23N5O4/c33-24(30-14-12-19(13-15-30)31-23-9-5-4-8-21(23)28-26(31)35)17-10-11-20-22(16-17)29-27(36)32(25(20)34)18-6-2-1-3-7-18/h1-11,16,19H,12-15H2,(H,28,35)(H,29,36). The molecule has 0 saturated carbocycles. The molecule has 0 aliphatic carbocycles. The van der Waals surface area contributed by atoms with Gasteiger partial charge in [-0.15, -0.1) is 0 Å². The van der Waals surface area contributed by atoms with Gasteiger partial charge in [-0.3, -0.25) is 14.2 Å². The molecule has 3 aromatic carbocycles. The number of fused-ring (bicyclic) bond motifs is 2. The minimum Gasteiger partial charge on any atom is -0.338 e. The zero-order valence-corrected chi connectivity index (χ0v) is 19.3. The molecule has 9 nitrogen and oxygen atoms in total. The summed E-state index contributed by atoms with van der Waals surface area (Å²) in [4.78, 5) is 58.9. The molecule has 9 heteroatoms. The lowest BCUT2D eigenvalue weighted by molar-refractivity contribution is 0.0695. The number of nitrogens with zero attached hydrogens (tertiary/aromatic N) is 3. The van der Waals surface area contributed by atoms with Crippen molar-refractivity contribution in [2.45, 2.75) is 18.9 Å². The Balaban J connectivity index is 1.25.